The first-order chi connectivity index (χ1) is 11.0. The molecule has 23 heavy (non-hydrogen) atoms. The standard InChI is InChI=1S/C15H10N2O3S3/c18-14-12(8-11-6-7-13(22-11)17(19)20)23-15(21)16(14)9-10-4-2-1-3-5-10/h1-8H,9H2. The molecule has 1 aliphatic rings. The van der Waals surface area contributed by atoms with Crippen molar-refractivity contribution < 1.29 is 9.72 Å². The van der Waals surface area contributed by atoms with E-state index in [0.717, 1.165) is 16.9 Å². The molecule has 1 fully saturated rings. The molecule has 1 aromatic carbocycles. The van der Waals surface area contributed by atoms with E-state index in [4.69, 9.17) is 12.2 Å². The lowest BCUT2D eigenvalue weighted by molar-refractivity contribution is -0.380. The highest BCUT2D eigenvalue weighted by Crippen LogP contribution is 2.35. The third-order valence-electron chi connectivity index (χ3n) is 3.12. The summed E-state index contributed by atoms with van der Waals surface area (Å²) in [5.74, 6) is -0.167. The zero-order valence-electron chi connectivity index (χ0n) is 11.7. The number of benzene rings is 1. The van der Waals surface area contributed by atoms with Crippen LogP contribution < -0.4 is 0 Å². The fourth-order valence-corrected chi connectivity index (χ4v) is 4.13. The summed E-state index contributed by atoms with van der Waals surface area (Å²) in [6, 6.07) is 12.7. The molecule has 0 spiro atoms. The Labute approximate surface area is 145 Å². The van der Waals surface area contributed by atoms with Crippen molar-refractivity contribution in [2.75, 3.05) is 0 Å². The van der Waals surface area contributed by atoms with E-state index in [0.29, 0.717) is 20.6 Å². The predicted octanol–water partition coefficient (Wildman–Crippen LogP) is 4.06. The van der Waals surface area contributed by atoms with Gasteiger partial charge in [0.1, 0.15) is 4.32 Å². The highest BCUT2D eigenvalue weighted by molar-refractivity contribution is 8.26. The molecule has 0 unspecified atom stereocenters. The van der Waals surface area contributed by atoms with Gasteiger partial charge >= 0.3 is 5.00 Å². The van der Waals surface area contributed by atoms with Crippen molar-refractivity contribution in [3.63, 3.8) is 0 Å². The van der Waals surface area contributed by atoms with Crippen LogP contribution in [0.25, 0.3) is 6.08 Å². The summed E-state index contributed by atoms with van der Waals surface area (Å²) in [7, 11) is 0. The topological polar surface area (TPSA) is 63.4 Å². The van der Waals surface area contributed by atoms with Gasteiger partial charge < -0.3 is 0 Å². The molecule has 0 atom stereocenters. The molecule has 1 amide bonds. The van der Waals surface area contributed by atoms with Crippen LogP contribution >= 0.6 is 35.3 Å². The van der Waals surface area contributed by atoms with Crippen molar-refractivity contribution in [1.29, 1.82) is 0 Å². The molecule has 1 saturated heterocycles. The van der Waals surface area contributed by atoms with Gasteiger partial charge in [0, 0.05) is 10.9 Å². The van der Waals surface area contributed by atoms with Crippen LogP contribution in [0.2, 0.25) is 0 Å². The lowest BCUT2D eigenvalue weighted by Crippen LogP contribution is -2.27. The van der Waals surface area contributed by atoms with Crippen molar-refractivity contribution >= 4 is 56.6 Å². The first kappa shape index (κ1) is 15.9. The highest BCUT2D eigenvalue weighted by Gasteiger charge is 2.32. The molecule has 2 heterocycles. The SMILES string of the molecule is O=C1C(=Cc2ccc([N+](=O)[O-])s2)SC(=S)N1Cc1ccccc1. The number of rotatable bonds is 4. The van der Waals surface area contributed by atoms with Gasteiger partial charge in [-0.3, -0.25) is 19.8 Å². The van der Waals surface area contributed by atoms with Gasteiger partial charge in [0.2, 0.25) is 0 Å². The summed E-state index contributed by atoms with van der Waals surface area (Å²) in [4.78, 5) is 25.5. The van der Waals surface area contributed by atoms with Crippen LogP contribution in [0.4, 0.5) is 5.00 Å². The normalized spacial score (nSPS) is 16.3. The maximum atomic E-state index is 12.5. The Kier molecular flexibility index (Phi) is 4.56. The number of carbonyl (C=O) groups is 1. The molecular weight excluding hydrogens is 352 g/mol. The minimum absolute atomic E-state index is 0.0519. The Morgan fingerprint density at radius 2 is 1.96 bits per heavy atom. The Morgan fingerprint density at radius 3 is 2.61 bits per heavy atom. The van der Waals surface area contributed by atoms with Crippen molar-refractivity contribution in [3.05, 3.63) is 67.9 Å². The van der Waals surface area contributed by atoms with Gasteiger partial charge in [-0.15, -0.1) is 0 Å². The van der Waals surface area contributed by atoms with E-state index in [9.17, 15) is 14.9 Å². The molecule has 0 radical (unpaired) electrons. The number of hydrogen-bond donors (Lipinski definition) is 0. The number of hydrogen-bond acceptors (Lipinski definition) is 6. The number of thiocarbonyl (C=S) groups is 1. The second-order valence-corrected chi connectivity index (χ2v) is 7.46. The van der Waals surface area contributed by atoms with Gasteiger partial charge in [0.25, 0.3) is 5.91 Å². The Hall–Kier alpha value is -2.03. The summed E-state index contributed by atoms with van der Waals surface area (Å²) >= 11 is 7.53. The number of thioether (sulfide) groups is 1. The van der Waals surface area contributed by atoms with Crippen LogP contribution in [0, 0.1) is 10.1 Å². The molecule has 1 aliphatic heterocycles. The van der Waals surface area contributed by atoms with Crippen LogP contribution in [0.5, 0.6) is 0 Å². The van der Waals surface area contributed by atoms with E-state index in [1.54, 1.807) is 17.0 Å². The molecule has 0 aliphatic carbocycles. The van der Waals surface area contributed by atoms with Gasteiger partial charge in [-0.1, -0.05) is 65.6 Å². The number of nitro groups is 1. The lowest BCUT2D eigenvalue weighted by Gasteiger charge is -2.14. The molecule has 0 bridgehead atoms. The van der Waals surface area contributed by atoms with E-state index in [-0.39, 0.29) is 10.9 Å². The van der Waals surface area contributed by atoms with Crippen LogP contribution in [-0.2, 0) is 11.3 Å². The third kappa shape index (κ3) is 3.49. The van der Waals surface area contributed by atoms with Gasteiger partial charge in [-0.05, 0) is 17.7 Å². The monoisotopic (exact) mass is 362 g/mol. The van der Waals surface area contributed by atoms with E-state index < -0.39 is 4.92 Å². The fraction of sp³-hybridized carbons (Fsp3) is 0.0667. The van der Waals surface area contributed by atoms with Crippen molar-refractivity contribution in [2.45, 2.75) is 6.54 Å². The average molecular weight is 362 g/mol. The molecule has 3 rings (SSSR count). The van der Waals surface area contributed by atoms with Crippen LogP contribution in [0.1, 0.15) is 10.4 Å². The molecule has 1 aromatic heterocycles. The van der Waals surface area contributed by atoms with E-state index in [2.05, 4.69) is 0 Å². The second-order valence-electron chi connectivity index (χ2n) is 4.69. The minimum atomic E-state index is -0.442. The van der Waals surface area contributed by atoms with Gasteiger partial charge in [-0.25, -0.2) is 0 Å². The van der Waals surface area contributed by atoms with Gasteiger partial charge in [-0.2, -0.15) is 0 Å². The van der Waals surface area contributed by atoms with E-state index in [1.165, 1.54) is 17.8 Å². The zero-order valence-corrected chi connectivity index (χ0v) is 14.1. The Balaban J connectivity index is 1.80. The van der Waals surface area contributed by atoms with Crippen LogP contribution in [-0.4, -0.2) is 20.1 Å². The average Bonchev–Trinajstić information content (AvgIpc) is 3.10. The van der Waals surface area contributed by atoms with E-state index in [1.807, 2.05) is 30.3 Å². The number of amides is 1. The Morgan fingerprint density at radius 1 is 1.22 bits per heavy atom. The smallest absolute Gasteiger partial charge is 0.288 e. The first-order valence-electron chi connectivity index (χ1n) is 6.58. The minimum Gasteiger partial charge on any atom is -0.288 e. The second kappa shape index (κ2) is 6.61. The van der Waals surface area contributed by atoms with Crippen LogP contribution in [0.15, 0.2) is 47.4 Å². The largest absolute Gasteiger partial charge is 0.324 e. The van der Waals surface area contributed by atoms with Crippen molar-refractivity contribution in [2.24, 2.45) is 0 Å². The summed E-state index contributed by atoms with van der Waals surface area (Å²) < 4.78 is 0.496. The highest BCUT2D eigenvalue weighted by atomic mass is 32.2. The maximum absolute atomic E-state index is 12.5. The predicted molar refractivity (Wildman–Crippen MR) is 96.1 cm³/mol. The fourth-order valence-electron chi connectivity index (χ4n) is 2.05. The molecule has 116 valence electrons. The molecule has 8 heteroatoms. The summed E-state index contributed by atoms with van der Waals surface area (Å²) in [6.07, 6.45) is 1.65. The summed E-state index contributed by atoms with van der Waals surface area (Å²) in [5, 5.41) is 10.8. The number of thiophene rings is 1. The quantitative estimate of drug-likeness (QED) is 0.355. The third-order valence-corrected chi connectivity index (χ3v) is 5.48. The van der Waals surface area contributed by atoms with Crippen molar-refractivity contribution in [3.8, 4) is 0 Å². The van der Waals surface area contributed by atoms with Crippen molar-refractivity contribution in [1.82, 2.24) is 4.90 Å². The summed E-state index contributed by atoms with van der Waals surface area (Å²) in [5.41, 5.74) is 0.997. The summed E-state index contributed by atoms with van der Waals surface area (Å²) in [6.45, 7) is 0.424. The number of carbonyl (C=O) groups excluding carboxylic acids is 1. The van der Waals surface area contributed by atoms with Gasteiger partial charge in [0.05, 0.1) is 16.4 Å². The molecule has 0 N–H and O–H groups in total. The number of nitrogens with zero attached hydrogens (tertiary/aromatic N) is 2. The Bertz CT molecular complexity index is 814. The molecule has 0 saturated carbocycles. The molecular formula is C15H10N2O3S3. The zero-order chi connectivity index (χ0) is 16.4. The van der Waals surface area contributed by atoms with E-state index >= 15 is 0 Å². The molecule has 5 nitrogen and oxygen atoms in total. The van der Waals surface area contributed by atoms with Crippen LogP contribution in [0.3, 0.4) is 0 Å². The van der Waals surface area contributed by atoms with Gasteiger partial charge in [0.15, 0.2) is 0 Å². The first-order valence-corrected chi connectivity index (χ1v) is 8.62. The maximum Gasteiger partial charge on any atom is 0.324 e. The molecule has 2 aromatic rings. The lowest BCUT2D eigenvalue weighted by atomic mass is 10.2.